The highest BCUT2D eigenvalue weighted by molar-refractivity contribution is 7.70. The quantitative estimate of drug-likeness (QED) is 0.550. The van der Waals surface area contributed by atoms with E-state index in [0.717, 1.165) is 16.4 Å². The summed E-state index contributed by atoms with van der Waals surface area (Å²) in [5.74, 6) is -0.293. The summed E-state index contributed by atoms with van der Waals surface area (Å²) in [5, 5.41) is 0.828. The van der Waals surface area contributed by atoms with Gasteiger partial charge in [0.2, 0.25) is 0 Å². The van der Waals surface area contributed by atoms with Crippen LogP contribution in [-0.4, -0.2) is 60.0 Å². The average molecular weight is 475 g/mol. The van der Waals surface area contributed by atoms with Crippen LogP contribution in [0.4, 0.5) is 9.18 Å². The number of carbonyl (C=O) groups excluding carboxylic acids is 1. The van der Waals surface area contributed by atoms with Crippen LogP contribution in [0.3, 0.4) is 0 Å². The second-order valence-electron chi connectivity index (χ2n) is 10.4. The first kappa shape index (κ1) is 25.5. The normalized spacial score (nSPS) is 21.0. The van der Waals surface area contributed by atoms with Gasteiger partial charge in [0, 0.05) is 30.5 Å². The summed E-state index contributed by atoms with van der Waals surface area (Å²) in [6.45, 7) is 14.4. The highest BCUT2D eigenvalue weighted by atomic mass is 31.2. The lowest BCUT2D eigenvalue weighted by Crippen LogP contribution is -2.59. The second kappa shape index (κ2) is 9.60. The van der Waals surface area contributed by atoms with E-state index in [0.29, 0.717) is 13.1 Å². The number of nitrogens with zero attached hydrogens (tertiary/aromatic N) is 2. The van der Waals surface area contributed by atoms with Crippen LogP contribution < -0.4 is 5.30 Å². The van der Waals surface area contributed by atoms with Crippen LogP contribution in [0.1, 0.15) is 51.8 Å². The molecule has 1 aliphatic heterocycles. The lowest BCUT2D eigenvalue weighted by atomic mass is 9.93. The van der Waals surface area contributed by atoms with Crippen LogP contribution in [0.5, 0.6) is 0 Å². The smallest absolute Gasteiger partial charge is 0.410 e. The van der Waals surface area contributed by atoms with Crippen molar-refractivity contribution >= 4 is 18.5 Å². The summed E-state index contributed by atoms with van der Waals surface area (Å²) in [6.07, 6.45) is -0.313. The Morgan fingerprint density at radius 2 is 1.64 bits per heavy atom. The Labute approximate surface area is 197 Å². The average Bonchev–Trinajstić information content (AvgIpc) is 2.70. The van der Waals surface area contributed by atoms with Crippen molar-refractivity contribution < 1.29 is 18.5 Å². The zero-order valence-electron chi connectivity index (χ0n) is 20.7. The second-order valence-corrected chi connectivity index (χ2v) is 13.6. The molecule has 1 heterocycles. The Hall–Kier alpha value is -2.17. The molecule has 7 heteroatoms. The third-order valence-corrected chi connectivity index (χ3v) is 7.56. The van der Waals surface area contributed by atoms with Gasteiger partial charge in [-0.3, -0.25) is 4.90 Å². The Balaban J connectivity index is 2.02. The van der Waals surface area contributed by atoms with Crippen LogP contribution in [0.25, 0.3) is 0 Å². The predicted octanol–water partition coefficient (Wildman–Crippen LogP) is 5.49. The number of piperazine rings is 1. The minimum atomic E-state index is -2.56. The van der Waals surface area contributed by atoms with E-state index in [4.69, 9.17) is 4.74 Å². The van der Waals surface area contributed by atoms with Crippen molar-refractivity contribution in [1.82, 2.24) is 9.80 Å². The molecule has 0 saturated carbocycles. The molecule has 0 aromatic heterocycles. The van der Waals surface area contributed by atoms with Crippen LogP contribution in [-0.2, 0) is 9.30 Å². The van der Waals surface area contributed by atoms with Gasteiger partial charge in [-0.15, -0.1) is 0 Å². The molecule has 0 radical (unpaired) electrons. The van der Waals surface area contributed by atoms with E-state index in [1.54, 1.807) is 30.4 Å². The molecule has 0 spiro atoms. The van der Waals surface area contributed by atoms with E-state index in [9.17, 15) is 13.8 Å². The maximum absolute atomic E-state index is 13.8. The zero-order chi connectivity index (χ0) is 24.6. The summed E-state index contributed by atoms with van der Waals surface area (Å²) in [7, 11) is -2.56. The summed E-state index contributed by atoms with van der Waals surface area (Å²) in [5.41, 5.74) is 1.33. The van der Waals surface area contributed by atoms with Crippen LogP contribution in [0.2, 0.25) is 0 Å². The molecule has 1 saturated heterocycles. The fraction of sp³-hybridized carbons (Fsp3) is 0.500. The van der Waals surface area contributed by atoms with E-state index < -0.39 is 12.7 Å². The lowest BCUT2D eigenvalue weighted by Gasteiger charge is -2.47. The third kappa shape index (κ3) is 6.04. The number of benzene rings is 2. The van der Waals surface area contributed by atoms with Gasteiger partial charge in [0.1, 0.15) is 18.6 Å². The molecule has 1 amide bonds. The number of hydrogen-bond acceptors (Lipinski definition) is 4. The number of amides is 1. The molecule has 1 unspecified atom stereocenters. The molecule has 2 aromatic carbocycles. The van der Waals surface area contributed by atoms with Crippen LogP contribution in [0.15, 0.2) is 48.5 Å². The van der Waals surface area contributed by atoms with Gasteiger partial charge in [-0.1, -0.05) is 36.4 Å². The number of carbonyl (C=O) groups is 1. The van der Waals surface area contributed by atoms with Crippen molar-refractivity contribution in [3.05, 3.63) is 65.5 Å². The van der Waals surface area contributed by atoms with Gasteiger partial charge in [0.05, 0.1) is 6.04 Å². The van der Waals surface area contributed by atoms with Crippen molar-refractivity contribution in [2.75, 3.05) is 26.4 Å². The zero-order valence-corrected chi connectivity index (χ0v) is 21.6. The first-order valence-electron chi connectivity index (χ1n) is 11.4. The SMILES string of the molecule is C[C@@H]1CN(C(=O)OC(C)(C)C)[C@@H](C)CN1C(c1ccc(F)cc1)c1ccccc1P(C)(C)=O. The minimum Gasteiger partial charge on any atom is -0.444 e. The molecule has 33 heavy (non-hydrogen) atoms. The van der Waals surface area contributed by atoms with E-state index in [2.05, 4.69) is 11.8 Å². The molecule has 5 nitrogen and oxygen atoms in total. The summed E-state index contributed by atoms with van der Waals surface area (Å²) in [4.78, 5) is 16.9. The number of ether oxygens (including phenoxy) is 1. The minimum absolute atomic E-state index is 0.00456. The highest BCUT2D eigenvalue weighted by Gasteiger charge is 2.39. The van der Waals surface area contributed by atoms with Gasteiger partial charge >= 0.3 is 6.09 Å². The van der Waals surface area contributed by atoms with E-state index in [-0.39, 0.29) is 30.0 Å². The Morgan fingerprint density at radius 1 is 1.03 bits per heavy atom. The standard InChI is InChI=1S/C26H36FN2O3P/c1-18-17-29(25(30)32-26(3,4)5)19(2)16-28(18)24(20-12-14-21(27)15-13-20)22-10-8-9-11-23(22)33(6,7)31/h8-15,18-19,24H,16-17H2,1-7H3/t18-,19+,24?/m1/s1. The molecule has 0 N–H and O–H groups in total. The summed E-state index contributed by atoms with van der Waals surface area (Å²) in [6, 6.07) is 14.0. The molecule has 2 aromatic rings. The summed E-state index contributed by atoms with van der Waals surface area (Å²) >= 11 is 0. The lowest BCUT2D eigenvalue weighted by molar-refractivity contribution is -0.0163. The molecule has 1 fully saturated rings. The number of hydrogen-bond donors (Lipinski definition) is 0. The van der Waals surface area contributed by atoms with Crippen molar-refractivity contribution in [2.45, 2.75) is 58.3 Å². The van der Waals surface area contributed by atoms with Gasteiger partial charge < -0.3 is 14.2 Å². The van der Waals surface area contributed by atoms with Crippen molar-refractivity contribution in [3.63, 3.8) is 0 Å². The van der Waals surface area contributed by atoms with Gasteiger partial charge in [-0.2, -0.15) is 0 Å². The molecule has 0 aliphatic carbocycles. The molecule has 3 atom stereocenters. The maximum atomic E-state index is 13.8. The monoisotopic (exact) mass is 474 g/mol. The van der Waals surface area contributed by atoms with Crippen LogP contribution in [0, 0.1) is 5.82 Å². The molecule has 3 rings (SSSR count). The van der Waals surface area contributed by atoms with Crippen molar-refractivity contribution in [1.29, 1.82) is 0 Å². The topological polar surface area (TPSA) is 49.9 Å². The van der Waals surface area contributed by atoms with Gasteiger partial charge in [-0.25, -0.2) is 9.18 Å². The molecule has 0 bridgehead atoms. The van der Waals surface area contributed by atoms with Gasteiger partial charge in [0.25, 0.3) is 0 Å². The van der Waals surface area contributed by atoms with Crippen LogP contribution >= 0.6 is 7.14 Å². The Morgan fingerprint density at radius 3 is 2.21 bits per heavy atom. The van der Waals surface area contributed by atoms with E-state index >= 15 is 0 Å². The molecular formula is C26H36FN2O3P. The Kier molecular flexibility index (Phi) is 7.40. The fourth-order valence-electron chi connectivity index (χ4n) is 4.49. The third-order valence-electron chi connectivity index (χ3n) is 5.99. The maximum Gasteiger partial charge on any atom is 0.410 e. The van der Waals surface area contributed by atoms with Gasteiger partial charge in [0.15, 0.2) is 0 Å². The van der Waals surface area contributed by atoms with Crippen molar-refractivity contribution in [2.24, 2.45) is 0 Å². The predicted molar refractivity (Wildman–Crippen MR) is 132 cm³/mol. The van der Waals surface area contributed by atoms with Crippen molar-refractivity contribution in [3.8, 4) is 0 Å². The van der Waals surface area contributed by atoms with Gasteiger partial charge in [-0.05, 0) is 71.2 Å². The fourth-order valence-corrected chi connectivity index (χ4v) is 5.76. The van der Waals surface area contributed by atoms with E-state index in [1.807, 2.05) is 52.0 Å². The highest BCUT2D eigenvalue weighted by Crippen LogP contribution is 2.41. The first-order chi connectivity index (χ1) is 15.3. The van der Waals surface area contributed by atoms with E-state index in [1.165, 1.54) is 12.1 Å². The Bertz CT molecular complexity index is 1030. The molecule has 180 valence electrons. The molecule has 1 aliphatic rings. The summed E-state index contributed by atoms with van der Waals surface area (Å²) < 4.78 is 32.6. The largest absolute Gasteiger partial charge is 0.444 e. The number of halogens is 1. The first-order valence-corrected chi connectivity index (χ1v) is 14.0. The molecular weight excluding hydrogens is 438 g/mol. The number of rotatable bonds is 4.